The lowest BCUT2D eigenvalue weighted by atomic mass is 10.2. The molecule has 0 aromatic carbocycles. The van der Waals surface area contributed by atoms with Gasteiger partial charge in [-0.3, -0.25) is 9.59 Å². The van der Waals surface area contributed by atoms with Gasteiger partial charge in [-0.1, -0.05) is 0 Å². The first-order valence-corrected chi connectivity index (χ1v) is 5.44. The predicted molar refractivity (Wildman–Crippen MR) is 57.6 cm³/mol. The summed E-state index contributed by atoms with van der Waals surface area (Å²) < 4.78 is 0. The quantitative estimate of drug-likeness (QED) is 0.486. The molecule has 2 fully saturated rings. The Morgan fingerprint density at radius 1 is 0.889 bits per heavy atom. The molecule has 8 nitrogen and oxygen atoms in total. The van der Waals surface area contributed by atoms with Gasteiger partial charge in [0.15, 0.2) is 0 Å². The molecule has 0 bridgehead atoms. The Morgan fingerprint density at radius 2 is 1.22 bits per heavy atom. The molecule has 2 heterocycles. The van der Waals surface area contributed by atoms with Crippen molar-refractivity contribution in [2.24, 2.45) is 0 Å². The average molecular weight is 258 g/mol. The molecule has 2 saturated heterocycles. The smallest absolute Gasteiger partial charge is 0.326 e. The second-order valence-corrected chi connectivity index (χ2v) is 3.99. The van der Waals surface area contributed by atoms with Gasteiger partial charge in [-0.05, 0) is 12.8 Å². The van der Waals surface area contributed by atoms with Crippen LogP contribution in [0.1, 0.15) is 25.7 Å². The van der Waals surface area contributed by atoms with Crippen LogP contribution in [-0.2, 0) is 19.2 Å². The molecule has 8 heteroatoms. The summed E-state index contributed by atoms with van der Waals surface area (Å²) in [5.41, 5.74) is 0. The van der Waals surface area contributed by atoms with Crippen molar-refractivity contribution in [1.82, 2.24) is 10.6 Å². The summed E-state index contributed by atoms with van der Waals surface area (Å²) in [4.78, 5) is 41.0. The number of carboxylic acids is 2. The van der Waals surface area contributed by atoms with Crippen LogP contribution in [0.4, 0.5) is 0 Å². The topological polar surface area (TPSA) is 133 Å². The van der Waals surface area contributed by atoms with E-state index >= 15 is 0 Å². The highest BCUT2D eigenvalue weighted by Crippen LogP contribution is 2.05. The molecule has 2 aliphatic heterocycles. The first-order chi connectivity index (χ1) is 8.40. The van der Waals surface area contributed by atoms with E-state index in [2.05, 4.69) is 10.6 Å². The largest absolute Gasteiger partial charge is 0.480 e. The van der Waals surface area contributed by atoms with Crippen molar-refractivity contribution in [2.45, 2.75) is 37.8 Å². The summed E-state index contributed by atoms with van der Waals surface area (Å²) in [6.07, 6.45) is 1.54. The Kier molecular flexibility index (Phi) is 4.64. The van der Waals surface area contributed by atoms with Crippen LogP contribution in [0.5, 0.6) is 0 Å². The van der Waals surface area contributed by atoms with Crippen LogP contribution in [0, 0.1) is 0 Å². The third kappa shape index (κ3) is 4.04. The van der Waals surface area contributed by atoms with Crippen molar-refractivity contribution in [3.8, 4) is 0 Å². The zero-order valence-electron chi connectivity index (χ0n) is 9.51. The standard InChI is InChI=1S/2C5H7NO3/c2*7-4-2-1-3(6-4)5(8)9/h2*3H,1-2H2,(H,6,7)(H,8,9)/t2*3-/m11/s1. The lowest BCUT2D eigenvalue weighted by molar-refractivity contribution is -0.140. The maximum atomic E-state index is 10.4. The third-order valence-corrected chi connectivity index (χ3v) is 2.59. The lowest BCUT2D eigenvalue weighted by Crippen LogP contribution is -2.32. The minimum absolute atomic E-state index is 0.164. The molecule has 0 saturated carbocycles. The van der Waals surface area contributed by atoms with E-state index in [1.807, 2.05) is 0 Å². The van der Waals surface area contributed by atoms with Gasteiger partial charge in [-0.2, -0.15) is 0 Å². The Labute approximate surface area is 102 Å². The highest BCUT2D eigenvalue weighted by Gasteiger charge is 2.26. The van der Waals surface area contributed by atoms with Crippen LogP contribution in [-0.4, -0.2) is 46.0 Å². The molecular formula is C10H14N2O6. The summed E-state index contributed by atoms with van der Waals surface area (Å²) in [5, 5.41) is 21.3. The summed E-state index contributed by atoms with van der Waals surface area (Å²) in [6.45, 7) is 0. The minimum atomic E-state index is -0.944. The monoisotopic (exact) mass is 258 g/mol. The second kappa shape index (κ2) is 5.99. The third-order valence-electron chi connectivity index (χ3n) is 2.59. The summed E-state index contributed by atoms with van der Waals surface area (Å²) in [6, 6.07) is -1.28. The number of hydrogen-bond acceptors (Lipinski definition) is 4. The van der Waals surface area contributed by atoms with Crippen molar-refractivity contribution in [2.75, 3.05) is 0 Å². The van der Waals surface area contributed by atoms with Gasteiger partial charge in [0.05, 0.1) is 0 Å². The van der Waals surface area contributed by atoms with Crippen molar-refractivity contribution < 1.29 is 29.4 Å². The van der Waals surface area contributed by atoms with Crippen molar-refractivity contribution in [1.29, 1.82) is 0 Å². The molecule has 4 N–H and O–H groups in total. The van der Waals surface area contributed by atoms with Gasteiger partial charge in [0.25, 0.3) is 0 Å². The molecule has 100 valence electrons. The Morgan fingerprint density at radius 3 is 1.33 bits per heavy atom. The fourth-order valence-electron chi connectivity index (χ4n) is 1.60. The summed E-state index contributed by atoms with van der Waals surface area (Å²) in [5.74, 6) is -2.22. The molecule has 0 aromatic heterocycles. The van der Waals surface area contributed by atoms with Gasteiger partial charge >= 0.3 is 11.9 Å². The van der Waals surface area contributed by atoms with E-state index in [1.54, 1.807) is 0 Å². The lowest BCUT2D eigenvalue weighted by Gasteiger charge is -1.99. The van der Waals surface area contributed by atoms with E-state index in [9.17, 15) is 19.2 Å². The molecule has 0 aliphatic carbocycles. The second-order valence-electron chi connectivity index (χ2n) is 3.99. The Balaban J connectivity index is 0.000000180. The van der Waals surface area contributed by atoms with E-state index in [4.69, 9.17) is 10.2 Å². The maximum absolute atomic E-state index is 10.4. The van der Waals surface area contributed by atoms with E-state index in [0.717, 1.165) is 0 Å². The number of aliphatic carboxylic acids is 2. The number of carbonyl (C=O) groups excluding carboxylic acids is 2. The Bertz CT molecular complexity index is 345. The zero-order chi connectivity index (χ0) is 13.7. The van der Waals surface area contributed by atoms with E-state index < -0.39 is 24.0 Å². The van der Waals surface area contributed by atoms with Gasteiger partial charge in [0.1, 0.15) is 12.1 Å². The van der Waals surface area contributed by atoms with Gasteiger partial charge in [-0.15, -0.1) is 0 Å². The first kappa shape index (κ1) is 13.9. The van der Waals surface area contributed by atoms with E-state index in [1.165, 1.54) is 0 Å². The van der Waals surface area contributed by atoms with Gasteiger partial charge in [-0.25, -0.2) is 9.59 Å². The fraction of sp³-hybridized carbons (Fsp3) is 0.600. The minimum Gasteiger partial charge on any atom is -0.480 e. The number of hydrogen-bond donors (Lipinski definition) is 4. The normalized spacial score (nSPS) is 25.8. The maximum Gasteiger partial charge on any atom is 0.326 e. The molecule has 2 aliphatic rings. The molecule has 2 atom stereocenters. The molecule has 0 radical (unpaired) electrons. The molecule has 18 heavy (non-hydrogen) atoms. The van der Waals surface area contributed by atoms with Crippen molar-refractivity contribution >= 4 is 23.8 Å². The van der Waals surface area contributed by atoms with Gasteiger partial charge in [0, 0.05) is 12.8 Å². The number of carbonyl (C=O) groups is 4. The molecular weight excluding hydrogens is 244 g/mol. The highest BCUT2D eigenvalue weighted by atomic mass is 16.4. The van der Waals surface area contributed by atoms with Gasteiger partial charge < -0.3 is 20.8 Å². The van der Waals surface area contributed by atoms with E-state index in [-0.39, 0.29) is 11.8 Å². The first-order valence-electron chi connectivity index (χ1n) is 5.44. The van der Waals surface area contributed by atoms with Crippen LogP contribution in [0.3, 0.4) is 0 Å². The van der Waals surface area contributed by atoms with Crippen LogP contribution in [0.25, 0.3) is 0 Å². The fourth-order valence-corrected chi connectivity index (χ4v) is 1.60. The van der Waals surface area contributed by atoms with Crippen molar-refractivity contribution in [3.05, 3.63) is 0 Å². The van der Waals surface area contributed by atoms with Crippen LogP contribution in [0.15, 0.2) is 0 Å². The molecule has 0 aromatic rings. The summed E-state index contributed by atoms with van der Waals surface area (Å²) in [7, 11) is 0. The number of rotatable bonds is 2. The van der Waals surface area contributed by atoms with Crippen LogP contribution in [0.2, 0.25) is 0 Å². The number of amides is 2. The average Bonchev–Trinajstić information content (AvgIpc) is 2.88. The number of carboxylic acid groups (broad SMARTS) is 2. The Hall–Kier alpha value is -2.12. The highest BCUT2D eigenvalue weighted by molar-refractivity contribution is 5.87. The van der Waals surface area contributed by atoms with Crippen LogP contribution < -0.4 is 10.6 Å². The molecule has 2 rings (SSSR count). The molecule has 0 spiro atoms. The SMILES string of the molecule is O=C1CC[C@H](C(=O)O)N1.O=C1CC[C@H](C(=O)O)N1. The number of nitrogens with one attached hydrogen (secondary N) is 2. The van der Waals surface area contributed by atoms with Crippen molar-refractivity contribution in [3.63, 3.8) is 0 Å². The van der Waals surface area contributed by atoms with Crippen LogP contribution >= 0.6 is 0 Å². The molecule has 0 unspecified atom stereocenters. The molecule has 2 amide bonds. The predicted octanol–water partition coefficient (Wildman–Crippen LogP) is -1.30. The van der Waals surface area contributed by atoms with Gasteiger partial charge in [0.2, 0.25) is 11.8 Å². The summed E-state index contributed by atoms with van der Waals surface area (Å²) >= 11 is 0. The van der Waals surface area contributed by atoms with E-state index in [0.29, 0.717) is 25.7 Å². The zero-order valence-corrected chi connectivity index (χ0v) is 9.51.